The van der Waals surface area contributed by atoms with E-state index in [1.165, 1.54) is 0 Å². The molecule has 0 aliphatic heterocycles. The molecule has 1 heterocycles. The lowest BCUT2D eigenvalue weighted by molar-refractivity contribution is 0.458. The second-order valence-corrected chi connectivity index (χ2v) is 4.65. The molecule has 0 radical (unpaired) electrons. The van der Waals surface area contributed by atoms with Crippen molar-refractivity contribution in [2.45, 2.75) is 5.33 Å². The first kappa shape index (κ1) is 12.7. The fourth-order valence-corrected chi connectivity index (χ4v) is 1.98. The van der Waals surface area contributed by atoms with Crippen LogP contribution in [0.5, 0.6) is 11.6 Å². The average molecular weight is 333 g/mol. The summed E-state index contributed by atoms with van der Waals surface area (Å²) in [7, 11) is 0. The summed E-state index contributed by atoms with van der Waals surface area (Å²) < 4.78 is 5.65. The van der Waals surface area contributed by atoms with Gasteiger partial charge in [-0.05, 0) is 18.2 Å². The van der Waals surface area contributed by atoms with E-state index in [0.717, 1.165) is 5.56 Å². The Hall–Kier alpha value is -0.770. The van der Waals surface area contributed by atoms with Crippen LogP contribution in [0.4, 0.5) is 0 Å². The summed E-state index contributed by atoms with van der Waals surface area (Å²) in [6.45, 7) is 0. The van der Waals surface area contributed by atoms with Crippen LogP contribution in [-0.2, 0) is 5.33 Å². The standard InChI is InChI=1S/C12H8BrCl2NO/c13-7-8-2-1-5-16-12(8)17-9-3-4-10(14)11(15)6-9/h1-6H,7H2. The monoisotopic (exact) mass is 331 g/mol. The smallest absolute Gasteiger partial charge is 0.223 e. The summed E-state index contributed by atoms with van der Waals surface area (Å²) >= 11 is 15.1. The number of hydrogen-bond acceptors (Lipinski definition) is 2. The van der Waals surface area contributed by atoms with Gasteiger partial charge in [-0.3, -0.25) is 0 Å². The predicted molar refractivity (Wildman–Crippen MR) is 73.4 cm³/mol. The lowest BCUT2D eigenvalue weighted by atomic mass is 10.3. The number of pyridine rings is 1. The van der Waals surface area contributed by atoms with Crippen LogP contribution in [0.1, 0.15) is 5.56 Å². The van der Waals surface area contributed by atoms with Crippen LogP contribution in [0.25, 0.3) is 0 Å². The van der Waals surface area contributed by atoms with Crippen LogP contribution >= 0.6 is 39.1 Å². The van der Waals surface area contributed by atoms with Crippen molar-refractivity contribution in [2.75, 3.05) is 0 Å². The SMILES string of the molecule is Clc1ccc(Oc2ncccc2CBr)cc1Cl. The normalized spacial score (nSPS) is 10.3. The summed E-state index contributed by atoms with van der Waals surface area (Å²) in [5, 5.41) is 1.64. The number of alkyl halides is 1. The topological polar surface area (TPSA) is 22.1 Å². The van der Waals surface area contributed by atoms with Crippen LogP contribution in [-0.4, -0.2) is 4.98 Å². The minimum Gasteiger partial charge on any atom is -0.439 e. The summed E-state index contributed by atoms with van der Waals surface area (Å²) in [4.78, 5) is 4.17. The van der Waals surface area contributed by atoms with E-state index in [2.05, 4.69) is 20.9 Å². The fourth-order valence-electron chi connectivity index (χ4n) is 1.27. The summed E-state index contributed by atoms with van der Waals surface area (Å²) in [6.07, 6.45) is 1.68. The Kier molecular flexibility index (Phi) is 4.26. The molecule has 1 aromatic carbocycles. The van der Waals surface area contributed by atoms with Gasteiger partial charge in [0, 0.05) is 23.2 Å². The Morgan fingerprint density at radius 1 is 1.18 bits per heavy atom. The highest BCUT2D eigenvalue weighted by molar-refractivity contribution is 9.08. The van der Waals surface area contributed by atoms with Crippen molar-refractivity contribution in [3.05, 3.63) is 52.1 Å². The Morgan fingerprint density at radius 2 is 2.00 bits per heavy atom. The van der Waals surface area contributed by atoms with Gasteiger partial charge >= 0.3 is 0 Å². The van der Waals surface area contributed by atoms with Crippen LogP contribution in [0.15, 0.2) is 36.5 Å². The first-order valence-electron chi connectivity index (χ1n) is 4.83. The Balaban J connectivity index is 2.28. The van der Waals surface area contributed by atoms with Crippen LogP contribution < -0.4 is 4.74 Å². The van der Waals surface area contributed by atoms with E-state index in [9.17, 15) is 0 Å². The van der Waals surface area contributed by atoms with Crippen molar-refractivity contribution in [1.29, 1.82) is 0 Å². The molecule has 1 aromatic heterocycles. The number of hydrogen-bond donors (Lipinski definition) is 0. The number of benzene rings is 1. The number of nitrogens with zero attached hydrogens (tertiary/aromatic N) is 1. The van der Waals surface area contributed by atoms with Crippen molar-refractivity contribution < 1.29 is 4.74 Å². The molecule has 0 spiro atoms. The van der Waals surface area contributed by atoms with Gasteiger partial charge in [-0.25, -0.2) is 4.98 Å². The minimum atomic E-state index is 0.459. The molecule has 0 N–H and O–H groups in total. The van der Waals surface area contributed by atoms with Crippen LogP contribution in [0.2, 0.25) is 10.0 Å². The molecule has 17 heavy (non-hydrogen) atoms. The lowest BCUT2D eigenvalue weighted by Crippen LogP contribution is -1.92. The first-order chi connectivity index (χ1) is 8.20. The molecule has 0 amide bonds. The summed E-state index contributed by atoms with van der Waals surface area (Å²) in [6, 6.07) is 8.90. The molecule has 0 aliphatic rings. The third-order valence-corrected chi connectivity index (χ3v) is 3.44. The molecule has 5 heteroatoms. The number of halogens is 3. The van der Waals surface area contributed by atoms with Gasteiger partial charge in [-0.2, -0.15) is 0 Å². The average Bonchev–Trinajstić information content (AvgIpc) is 2.34. The van der Waals surface area contributed by atoms with E-state index in [4.69, 9.17) is 27.9 Å². The van der Waals surface area contributed by atoms with Gasteiger partial charge in [0.05, 0.1) is 10.0 Å². The highest BCUT2D eigenvalue weighted by Crippen LogP contribution is 2.30. The maximum atomic E-state index is 5.91. The number of rotatable bonds is 3. The molecule has 0 fully saturated rings. The van der Waals surface area contributed by atoms with E-state index in [1.807, 2.05) is 12.1 Å². The van der Waals surface area contributed by atoms with E-state index in [1.54, 1.807) is 24.4 Å². The molecule has 2 nitrogen and oxygen atoms in total. The van der Waals surface area contributed by atoms with Crippen molar-refractivity contribution in [2.24, 2.45) is 0 Å². The van der Waals surface area contributed by atoms with E-state index >= 15 is 0 Å². The molecule has 88 valence electrons. The van der Waals surface area contributed by atoms with Crippen LogP contribution in [0, 0.1) is 0 Å². The van der Waals surface area contributed by atoms with Crippen molar-refractivity contribution in [3.63, 3.8) is 0 Å². The summed E-state index contributed by atoms with van der Waals surface area (Å²) in [5.74, 6) is 1.17. The highest BCUT2D eigenvalue weighted by atomic mass is 79.9. The third-order valence-electron chi connectivity index (χ3n) is 2.10. The molecule has 0 bridgehead atoms. The van der Waals surface area contributed by atoms with Crippen molar-refractivity contribution >= 4 is 39.1 Å². The molecular formula is C12H8BrCl2NO. The maximum absolute atomic E-state index is 5.91. The Bertz CT molecular complexity index is 534. The molecule has 0 aliphatic carbocycles. The van der Waals surface area contributed by atoms with Crippen molar-refractivity contribution in [3.8, 4) is 11.6 Å². The first-order valence-corrected chi connectivity index (χ1v) is 6.71. The fraction of sp³-hybridized carbons (Fsp3) is 0.0833. The van der Waals surface area contributed by atoms with Gasteiger partial charge in [0.1, 0.15) is 5.75 Å². The van der Waals surface area contributed by atoms with Gasteiger partial charge in [-0.15, -0.1) is 0 Å². The van der Waals surface area contributed by atoms with Gasteiger partial charge in [0.25, 0.3) is 0 Å². The molecule has 2 rings (SSSR count). The predicted octanol–water partition coefficient (Wildman–Crippen LogP) is 5.08. The Labute approximate surface area is 118 Å². The van der Waals surface area contributed by atoms with E-state index in [-0.39, 0.29) is 0 Å². The molecule has 0 atom stereocenters. The third kappa shape index (κ3) is 3.12. The van der Waals surface area contributed by atoms with Crippen molar-refractivity contribution in [1.82, 2.24) is 4.98 Å². The molecule has 2 aromatic rings. The second-order valence-electron chi connectivity index (χ2n) is 3.28. The highest BCUT2D eigenvalue weighted by Gasteiger charge is 2.06. The van der Waals surface area contributed by atoms with E-state index in [0.29, 0.717) is 27.0 Å². The zero-order valence-electron chi connectivity index (χ0n) is 8.66. The van der Waals surface area contributed by atoms with E-state index < -0.39 is 0 Å². The molecule has 0 saturated heterocycles. The van der Waals surface area contributed by atoms with Crippen LogP contribution in [0.3, 0.4) is 0 Å². The Morgan fingerprint density at radius 3 is 2.71 bits per heavy atom. The quantitative estimate of drug-likeness (QED) is 0.731. The van der Waals surface area contributed by atoms with Gasteiger partial charge in [0.2, 0.25) is 5.88 Å². The van der Waals surface area contributed by atoms with Gasteiger partial charge < -0.3 is 4.74 Å². The zero-order chi connectivity index (χ0) is 12.3. The number of aromatic nitrogens is 1. The summed E-state index contributed by atoms with van der Waals surface area (Å²) in [5.41, 5.74) is 0.971. The molecule has 0 unspecified atom stereocenters. The lowest BCUT2D eigenvalue weighted by Gasteiger charge is -2.08. The maximum Gasteiger partial charge on any atom is 0.223 e. The minimum absolute atomic E-state index is 0.459. The zero-order valence-corrected chi connectivity index (χ0v) is 11.8. The molecule has 0 saturated carbocycles. The van der Waals surface area contributed by atoms with Gasteiger partial charge in [0.15, 0.2) is 0 Å². The number of ether oxygens (including phenoxy) is 1. The largest absolute Gasteiger partial charge is 0.439 e. The molecular weight excluding hydrogens is 325 g/mol. The second kappa shape index (κ2) is 5.71. The van der Waals surface area contributed by atoms with Gasteiger partial charge in [-0.1, -0.05) is 45.2 Å².